The molecule has 0 fully saturated rings. The molecular formula is C23H19ClFN3O4S. The number of hydrogen-bond donors (Lipinski definition) is 3. The highest BCUT2D eigenvalue weighted by atomic mass is 35.5. The molecule has 0 saturated carbocycles. The minimum absolute atomic E-state index is 0.0315. The predicted molar refractivity (Wildman–Crippen MR) is 123 cm³/mol. The van der Waals surface area contributed by atoms with Crippen molar-refractivity contribution in [2.45, 2.75) is 23.8 Å². The molecule has 1 aliphatic rings. The zero-order valence-corrected chi connectivity index (χ0v) is 18.7. The molecule has 2 amide bonds. The van der Waals surface area contributed by atoms with Gasteiger partial charge in [-0.25, -0.2) is 12.8 Å². The van der Waals surface area contributed by atoms with E-state index in [4.69, 9.17) is 11.6 Å². The maximum atomic E-state index is 13.5. The standard InChI is InChI=1S/C23H19ClFN3O4S/c24-18-13-16(7-9-19(18)25)26-23(30)22(14-4-2-1-3-5-14)28-33(31,32)17-8-10-20-15(12-17)6-11-21(29)27-20/h1-5,7-10,12-13,22,28H,6,11H2,(H,26,30)(H,27,29). The number of hydrogen-bond acceptors (Lipinski definition) is 4. The first kappa shape index (κ1) is 22.9. The summed E-state index contributed by atoms with van der Waals surface area (Å²) in [7, 11) is -4.12. The minimum Gasteiger partial charge on any atom is -0.326 e. The first-order valence-corrected chi connectivity index (χ1v) is 11.8. The smallest absolute Gasteiger partial charge is 0.247 e. The molecule has 10 heteroatoms. The van der Waals surface area contributed by atoms with Crippen LogP contribution in [0.25, 0.3) is 0 Å². The molecule has 1 aliphatic heterocycles. The summed E-state index contributed by atoms with van der Waals surface area (Å²) >= 11 is 5.78. The first-order chi connectivity index (χ1) is 15.7. The van der Waals surface area contributed by atoms with Crippen LogP contribution in [-0.4, -0.2) is 20.2 Å². The Balaban J connectivity index is 1.63. The number of amides is 2. The molecule has 0 bridgehead atoms. The Bertz CT molecular complexity index is 1330. The molecule has 0 saturated heterocycles. The molecule has 0 radical (unpaired) electrons. The second kappa shape index (κ2) is 9.30. The van der Waals surface area contributed by atoms with Gasteiger partial charge in [-0.2, -0.15) is 4.72 Å². The number of benzene rings is 3. The molecule has 1 atom stereocenters. The zero-order valence-electron chi connectivity index (χ0n) is 17.1. The van der Waals surface area contributed by atoms with Gasteiger partial charge in [0.1, 0.15) is 11.9 Å². The molecule has 7 nitrogen and oxygen atoms in total. The van der Waals surface area contributed by atoms with E-state index >= 15 is 0 Å². The molecule has 3 N–H and O–H groups in total. The van der Waals surface area contributed by atoms with E-state index in [9.17, 15) is 22.4 Å². The van der Waals surface area contributed by atoms with Crippen LogP contribution in [0.1, 0.15) is 23.6 Å². The van der Waals surface area contributed by atoms with E-state index in [-0.39, 0.29) is 27.9 Å². The topological polar surface area (TPSA) is 104 Å². The van der Waals surface area contributed by atoms with Crippen LogP contribution in [0, 0.1) is 5.82 Å². The SMILES string of the molecule is O=C1CCc2cc(S(=O)(=O)NC(C(=O)Nc3ccc(F)c(Cl)c3)c3ccccc3)ccc2N1. The second-order valence-electron chi connectivity index (χ2n) is 7.45. The van der Waals surface area contributed by atoms with Gasteiger partial charge in [0.15, 0.2) is 0 Å². The molecule has 170 valence electrons. The fourth-order valence-corrected chi connectivity index (χ4v) is 4.87. The normalized spacial score (nSPS) is 14.2. The van der Waals surface area contributed by atoms with E-state index in [2.05, 4.69) is 15.4 Å². The van der Waals surface area contributed by atoms with Gasteiger partial charge in [0, 0.05) is 17.8 Å². The van der Waals surface area contributed by atoms with Gasteiger partial charge < -0.3 is 10.6 Å². The second-order valence-corrected chi connectivity index (χ2v) is 9.57. The van der Waals surface area contributed by atoms with Crippen LogP contribution >= 0.6 is 11.6 Å². The quantitative estimate of drug-likeness (QED) is 0.488. The van der Waals surface area contributed by atoms with E-state index < -0.39 is 27.8 Å². The average Bonchev–Trinajstić information content (AvgIpc) is 2.80. The van der Waals surface area contributed by atoms with Crippen LogP contribution in [0.4, 0.5) is 15.8 Å². The number of halogens is 2. The molecule has 1 heterocycles. The van der Waals surface area contributed by atoms with Crippen molar-refractivity contribution in [3.05, 3.63) is 88.7 Å². The number of carbonyl (C=O) groups excluding carboxylic acids is 2. The van der Waals surface area contributed by atoms with E-state index in [1.807, 2.05) is 0 Å². The monoisotopic (exact) mass is 487 g/mol. The summed E-state index contributed by atoms with van der Waals surface area (Å²) in [6.45, 7) is 0. The van der Waals surface area contributed by atoms with Crippen molar-refractivity contribution in [3.8, 4) is 0 Å². The molecule has 33 heavy (non-hydrogen) atoms. The Morgan fingerprint density at radius 3 is 2.52 bits per heavy atom. The molecule has 0 aromatic heterocycles. The summed E-state index contributed by atoms with van der Waals surface area (Å²) in [4.78, 5) is 24.6. The lowest BCUT2D eigenvalue weighted by molar-refractivity contribution is -0.118. The number of sulfonamides is 1. The van der Waals surface area contributed by atoms with Gasteiger partial charge in [0.2, 0.25) is 21.8 Å². The molecule has 3 aromatic rings. The molecule has 4 rings (SSSR count). The van der Waals surface area contributed by atoms with Crippen molar-refractivity contribution in [3.63, 3.8) is 0 Å². The van der Waals surface area contributed by atoms with Crippen molar-refractivity contribution in [2.75, 3.05) is 10.6 Å². The fourth-order valence-electron chi connectivity index (χ4n) is 3.46. The van der Waals surface area contributed by atoms with E-state index in [0.29, 0.717) is 23.2 Å². The molecule has 3 aromatic carbocycles. The number of carbonyl (C=O) groups is 2. The van der Waals surface area contributed by atoms with Crippen molar-refractivity contribution in [1.82, 2.24) is 4.72 Å². The Labute approximate surface area is 195 Å². The van der Waals surface area contributed by atoms with Gasteiger partial charge in [-0.15, -0.1) is 0 Å². The third-order valence-electron chi connectivity index (χ3n) is 5.14. The highest BCUT2D eigenvalue weighted by Crippen LogP contribution is 2.27. The Kier molecular flexibility index (Phi) is 6.46. The number of fused-ring (bicyclic) bond motifs is 1. The van der Waals surface area contributed by atoms with E-state index in [0.717, 1.165) is 6.07 Å². The fraction of sp³-hybridized carbons (Fsp3) is 0.130. The summed E-state index contributed by atoms with van der Waals surface area (Å²) in [5.74, 6) is -1.44. The number of aryl methyl sites for hydroxylation is 1. The number of anilines is 2. The molecular weight excluding hydrogens is 469 g/mol. The van der Waals surface area contributed by atoms with E-state index in [1.165, 1.54) is 30.3 Å². The number of rotatable bonds is 6. The van der Waals surface area contributed by atoms with Crippen molar-refractivity contribution in [1.29, 1.82) is 0 Å². The van der Waals surface area contributed by atoms with Crippen LogP contribution in [0.3, 0.4) is 0 Å². The lowest BCUT2D eigenvalue weighted by Crippen LogP contribution is -2.37. The summed E-state index contributed by atoms with van der Waals surface area (Å²) in [6, 6.07) is 15.1. The number of nitrogens with one attached hydrogen (secondary N) is 3. The van der Waals surface area contributed by atoms with Gasteiger partial charge in [-0.3, -0.25) is 9.59 Å². The zero-order chi connectivity index (χ0) is 23.6. The van der Waals surface area contributed by atoms with Crippen LogP contribution in [0.2, 0.25) is 5.02 Å². The van der Waals surface area contributed by atoms with Gasteiger partial charge >= 0.3 is 0 Å². The maximum absolute atomic E-state index is 13.5. The van der Waals surface area contributed by atoms with E-state index in [1.54, 1.807) is 30.3 Å². The first-order valence-electron chi connectivity index (χ1n) is 9.99. The van der Waals surface area contributed by atoms with Gasteiger partial charge in [-0.05, 0) is 53.9 Å². The summed E-state index contributed by atoms with van der Waals surface area (Å²) in [5, 5.41) is 5.10. The van der Waals surface area contributed by atoms with Crippen molar-refractivity contribution >= 4 is 44.8 Å². The summed E-state index contributed by atoms with van der Waals surface area (Å²) in [5.41, 5.74) is 1.89. The molecule has 1 unspecified atom stereocenters. The van der Waals surface area contributed by atoms with Crippen LogP contribution in [0.5, 0.6) is 0 Å². The van der Waals surface area contributed by atoms with Crippen LogP contribution < -0.4 is 15.4 Å². The summed E-state index contributed by atoms with van der Waals surface area (Å²) in [6.07, 6.45) is 0.678. The van der Waals surface area contributed by atoms with Crippen LogP contribution in [0.15, 0.2) is 71.6 Å². The Morgan fingerprint density at radius 2 is 1.79 bits per heavy atom. The Morgan fingerprint density at radius 1 is 1.03 bits per heavy atom. The largest absolute Gasteiger partial charge is 0.326 e. The summed E-state index contributed by atoms with van der Waals surface area (Å²) < 4.78 is 42.3. The third kappa shape index (κ3) is 5.22. The van der Waals surface area contributed by atoms with Gasteiger partial charge in [0.25, 0.3) is 0 Å². The lowest BCUT2D eigenvalue weighted by Gasteiger charge is -2.21. The average molecular weight is 488 g/mol. The van der Waals surface area contributed by atoms with Crippen molar-refractivity contribution in [2.24, 2.45) is 0 Å². The highest BCUT2D eigenvalue weighted by Gasteiger charge is 2.28. The van der Waals surface area contributed by atoms with Gasteiger partial charge in [0.05, 0.1) is 9.92 Å². The molecule has 0 aliphatic carbocycles. The maximum Gasteiger partial charge on any atom is 0.247 e. The Hall–Kier alpha value is -3.27. The van der Waals surface area contributed by atoms with Crippen molar-refractivity contribution < 1.29 is 22.4 Å². The van der Waals surface area contributed by atoms with Gasteiger partial charge in [-0.1, -0.05) is 41.9 Å². The molecule has 0 spiro atoms. The highest BCUT2D eigenvalue weighted by molar-refractivity contribution is 7.89. The van der Waals surface area contributed by atoms with Crippen LogP contribution in [-0.2, 0) is 26.0 Å². The third-order valence-corrected chi connectivity index (χ3v) is 6.85. The minimum atomic E-state index is -4.12. The predicted octanol–water partition coefficient (Wildman–Crippen LogP) is 4.02. The lowest BCUT2D eigenvalue weighted by atomic mass is 10.0.